The maximum Gasteiger partial charge on any atom is 0.259 e. The van der Waals surface area contributed by atoms with Gasteiger partial charge in [-0.3, -0.25) is 4.79 Å². The molecule has 0 N–H and O–H groups in total. The number of pyridine rings is 1. The van der Waals surface area contributed by atoms with Gasteiger partial charge in [0.1, 0.15) is 16.9 Å². The van der Waals surface area contributed by atoms with Crippen LogP contribution < -0.4 is 0 Å². The molecule has 0 aliphatic carbocycles. The first-order valence-electron chi connectivity index (χ1n) is 10.9. The maximum atomic E-state index is 13.4. The number of carbonyl (C=O) groups excluding carboxylic acids is 1. The summed E-state index contributed by atoms with van der Waals surface area (Å²) in [7, 11) is 1.94. The number of hydrogen-bond acceptors (Lipinski definition) is 3. The number of aromatic nitrogens is 5. The minimum atomic E-state index is -0.219. The smallest absolute Gasteiger partial charge is 0.259 e. The van der Waals surface area contributed by atoms with Crippen molar-refractivity contribution in [1.82, 2.24) is 28.5 Å². The zero-order valence-electron chi connectivity index (χ0n) is 17.9. The number of fused-ring (bicyclic) bond motifs is 2. The third-order valence-corrected chi connectivity index (χ3v) is 6.85. The van der Waals surface area contributed by atoms with Gasteiger partial charge in [-0.05, 0) is 30.5 Å². The molecule has 1 aromatic carbocycles. The monoisotopic (exact) mass is 424 g/mol. The van der Waals surface area contributed by atoms with Gasteiger partial charge in [0.25, 0.3) is 5.91 Å². The zero-order chi connectivity index (χ0) is 21.7. The summed E-state index contributed by atoms with van der Waals surface area (Å²) in [5, 5.41) is 4.34. The van der Waals surface area contributed by atoms with E-state index in [4.69, 9.17) is 4.98 Å². The summed E-state index contributed by atoms with van der Waals surface area (Å²) in [6.45, 7) is 1.34. The predicted octanol–water partition coefficient (Wildman–Crippen LogP) is 3.54. The molecule has 1 aliphatic heterocycles. The topological polar surface area (TPSA) is 59.8 Å². The third-order valence-electron chi connectivity index (χ3n) is 6.85. The molecule has 1 aliphatic rings. The van der Waals surface area contributed by atoms with Crippen molar-refractivity contribution >= 4 is 17.2 Å². The van der Waals surface area contributed by atoms with E-state index in [-0.39, 0.29) is 11.3 Å². The normalized spacial score (nSPS) is 16.1. The van der Waals surface area contributed by atoms with Crippen molar-refractivity contribution in [2.45, 2.75) is 18.3 Å². The molecule has 32 heavy (non-hydrogen) atoms. The van der Waals surface area contributed by atoms with E-state index < -0.39 is 0 Å². The van der Waals surface area contributed by atoms with Gasteiger partial charge in [0.05, 0.1) is 11.9 Å². The number of hydrogen-bond donors (Lipinski definition) is 0. The number of carbonyl (C=O) groups is 1. The lowest BCUT2D eigenvalue weighted by Crippen LogP contribution is -2.46. The first-order chi connectivity index (χ1) is 15.7. The molecule has 6 rings (SSSR count). The van der Waals surface area contributed by atoms with Crippen LogP contribution >= 0.6 is 0 Å². The molecule has 1 amide bonds. The van der Waals surface area contributed by atoms with Crippen molar-refractivity contribution < 1.29 is 4.79 Å². The van der Waals surface area contributed by atoms with Crippen molar-refractivity contribution in [1.29, 1.82) is 0 Å². The number of aryl methyl sites for hydroxylation is 1. The number of rotatable bonds is 3. The molecule has 0 unspecified atom stereocenters. The van der Waals surface area contributed by atoms with Gasteiger partial charge < -0.3 is 13.9 Å². The van der Waals surface area contributed by atoms with Gasteiger partial charge in [0, 0.05) is 50.3 Å². The SMILES string of the molecule is Cn1ccn2ncc(C(=O)N3CCC(c4ccccc4)(c4cn5ccccc5n4)CC3)c12. The minimum absolute atomic E-state index is 0.0402. The maximum absolute atomic E-state index is 13.4. The molecule has 0 bridgehead atoms. The highest BCUT2D eigenvalue weighted by atomic mass is 16.2. The Bertz CT molecular complexity index is 1390. The highest BCUT2D eigenvalue weighted by molar-refractivity contribution is 5.99. The quantitative estimate of drug-likeness (QED) is 0.445. The number of imidazole rings is 2. The minimum Gasteiger partial charge on any atom is -0.338 e. The Morgan fingerprint density at radius 2 is 1.75 bits per heavy atom. The first kappa shape index (κ1) is 18.9. The molecule has 5 heterocycles. The highest BCUT2D eigenvalue weighted by Crippen LogP contribution is 2.41. The summed E-state index contributed by atoms with van der Waals surface area (Å²) < 4.78 is 5.77. The van der Waals surface area contributed by atoms with Crippen LogP contribution in [0.4, 0.5) is 0 Å². The second-order valence-electron chi connectivity index (χ2n) is 8.57. The summed E-state index contributed by atoms with van der Waals surface area (Å²) >= 11 is 0. The van der Waals surface area contributed by atoms with E-state index >= 15 is 0 Å². The molecule has 0 spiro atoms. The predicted molar refractivity (Wildman–Crippen MR) is 122 cm³/mol. The largest absolute Gasteiger partial charge is 0.338 e. The Morgan fingerprint density at radius 1 is 0.969 bits per heavy atom. The van der Waals surface area contributed by atoms with Gasteiger partial charge in [-0.2, -0.15) is 5.10 Å². The highest BCUT2D eigenvalue weighted by Gasteiger charge is 2.41. The molecule has 7 nitrogen and oxygen atoms in total. The van der Waals surface area contributed by atoms with E-state index in [0.717, 1.165) is 29.8 Å². The molecule has 1 saturated heterocycles. The fourth-order valence-electron chi connectivity index (χ4n) is 5.08. The molecule has 4 aromatic heterocycles. The number of likely N-dealkylation sites (tertiary alicyclic amines) is 1. The van der Waals surface area contributed by atoms with E-state index in [1.165, 1.54) is 5.56 Å². The van der Waals surface area contributed by atoms with Gasteiger partial charge in [-0.15, -0.1) is 0 Å². The Kier molecular flexibility index (Phi) is 4.18. The molecule has 5 aromatic rings. The molecular formula is C25H24N6O. The Labute approximate surface area is 185 Å². The number of benzene rings is 1. The summed E-state index contributed by atoms with van der Waals surface area (Å²) in [4.78, 5) is 20.3. The van der Waals surface area contributed by atoms with E-state index in [9.17, 15) is 4.79 Å². The van der Waals surface area contributed by atoms with Crippen molar-refractivity contribution in [2.75, 3.05) is 13.1 Å². The average molecular weight is 425 g/mol. The Hall–Kier alpha value is -3.87. The molecule has 0 radical (unpaired) electrons. The van der Waals surface area contributed by atoms with E-state index in [0.29, 0.717) is 18.7 Å². The van der Waals surface area contributed by atoms with Gasteiger partial charge in [0.2, 0.25) is 0 Å². The zero-order valence-corrected chi connectivity index (χ0v) is 17.9. The molecular weight excluding hydrogens is 400 g/mol. The third kappa shape index (κ3) is 2.77. The summed E-state index contributed by atoms with van der Waals surface area (Å²) in [6, 6.07) is 16.7. The van der Waals surface area contributed by atoms with Crippen LogP contribution in [0.25, 0.3) is 11.3 Å². The van der Waals surface area contributed by atoms with Gasteiger partial charge in [0.15, 0.2) is 0 Å². The van der Waals surface area contributed by atoms with Crippen LogP contribution in [0.2, 0.25) is 0 Å². The lowest BCUT2D eigenvalue weighted by atomic mass is 9.70. The van der Waals surface area contributed by atoms with Crippen LogP contribution in [-0.4, -0.2) is 47.5 Å². The lowest BCUT2D eigenvalue weighted by Gasteiger charge is -2.41. The number of amides is 1. The number of piperidine rings is 1. The second kappa shape index (κ2) is 7.09. The van der Waals surface area contributed by atoms with Crippen LogP contribution in [0, 0.1) is 0 Å². The van der Waals surface area contributed by atoms with Crippen molar-refractivity contribution in [2.24, 2.45) is 7.05 Å². The first-order valence-corrected chi connectivity index (χ1v) is 10.9. The average Bonchev–Trinajstić information content (AvgIpc) is 3.55. The van der Waals surface area contributed by atoms with Gasteiger partial charge >= 0.3 is 0 Å². The Morgan fingerprint density at radius 3 is 2.53 bits per heavy atom. The van der Waals surface area contributed by atoms with Crippen LogP contribution in [0.5, 0.6) is 0 Å². The second-order valence-corrected chi connectivity index (χ2v) is 8.57. The molecule has 7 heteroatoms. The standard InChI is InChI=1S/C25H24N6O/c1-28-15-16-31-23(28)20(17-26-31)24(32)29-13-10-25(11-14-29,19-7-3-2-4-8-19)21-18-30-12-6-5-9-22(30)27-21/h2-9,12,15-18H,10-11,13-14H2,1H3. The summed E-state index contributed by atoms with van der Waals surface area (Å²) in [5.41, 5.74) is 4.53. The lowest BCUT2D eigenvalue weighted by molar-refractivity contribution is 0.0685. The van der Waals surface area contributed by atoms with Crippen LogP contribution in [0.15, 0.2) is 79.5 Å². The summed E-state index contributed by atoms with van der Waals surface area (Å²) in [5.74, 6) is 0.0402. The summed E-state index contributed by atoms with van der Waals surface area (Å²) in [6.07, 6.45) is 11.3. The molecule has 1 fully saturated rings. The van der Waals surface area contributed by atoms with Crippen LogP contribution in [0.1, 0.15) is 34.5 Å². The van der Waals surface area contributed by atoms with E-state index in [2.05, 4.69) is 40.0 Å². The fraction of sp³-hybridized carbons (Fsp3) is 0.240. The van der Waals surface area contributed by atoms with Crippen LogP contribution in [0.3, 0.4) is 0 Å². The number of nitrogens with zero attached hydrogens (tertiary/aromatic N) is 6. The van der Waals surface area contributed by atoms with Gasteiger partial charge in [-0.25, -0.2) is 9.50 Å². The Balaban J connectivity index is 1.35. The molecule has 160 valence electrons. The van der Waals surface area contributed by atoms with Gasteiger partial charge in [-0.1, -0.05) is 36.4 Å². The van der Waals surface area contributed by atoms with Crippen molar-refractivity contribution in [3.63, 3.8) is 0 Å². The van der Waals surface area contributed by atoms with Crippen LogP contribution in [-0.2, 0) is 12.5 Å². The van der Waals surface area contributed by atoms with E-state index in [1.807, 2.05) is 59.4 Å². The molecule has 0 saturated carbocycles. The van der Waals surface area contributed by atoms with E-state index in [1.54, 1.807) is 10.7 Å². The van der Waals surface area contributed by atoms with Crippen molar-refractivity contribution in [3.05, 3.63) is 96.3 Å². The molecule has 0 atom stereocenters. The van der Waals surface area contributed by atoms with Crippen molar-refractivity contribution in [3.8, 4) is 0 Å². The fourth-order valence-corrected chi connectivity index (χ4v) is 5.08.